The molecular weight excluding hydrogens is 231 g/mol. The molecule has 0 spiro atoms. The van der Waals surface area contributed by atoms with Crippen LogP contribution >= 0.6 is 23.2 Å². The number of ether oxygens (including phenoxy) is 2. The number of carbonyl (C=O) groups is 2. The van der Waals surface area contributed by atoms with Gasteiger partial charge in [0, 0.05) is 13.2 Å². The van der Waals surface area contributed by atoms with Crippen molar-refractivity contribution in [2.75, 3.05) is 13.2 Å². The maximum atomic E-state index is 10.9. The summed E-state index contributed by atoms with van der Waals surface area (Å²) in [4.78, 5) is 21.8. The van der Waals surface area contributed by atoms with Gasteiger partial charge in [-0.25, -0.2) is 0 Å². The molecule has 0 fully saturated rings. The maximum absolute atomic E-state index is 10.9. The SMILES string of the molecule is CCOC(C(=O)Cl)C(OCC)C(=O)Cl. The van der Waals surface area contributed by atoms with Crippen molar-refractivity contribution in [2.45, 2.75) is 26.1 Å². The van der Waals surface area contributed by atoms with Gasteiger partial charge in [0.05, 0.1) is 0 Å². The van der Waals surface area contributed by atoms with E-state index in [1.807, 2.05) is 0 Å². The van der Waals surface area contributed by atoms with E-state index in [9.17, 15) is 9.59 Å². The quantitative estimate of drug-likeness (QED) is 0.633. The topological polar surface area (TPSA) is 52.6 Å². The van der Waals surface area contributed by atoms with Gasteiger partial charge in [-0.2, -0.15) is 0 Å². The van der Waals surface area contributed by atoms with Crippen LogP contribution in [0.1, 0.15) is 13.8 Å². The molecule has 0 aliphatic heterocycles. The zero-order valence-corrected chi connectivity index (χ0v) is 9.47. The molecule has 0 aliphatic rings. The second-order valence-electron chi connectivity index (χ2n) is 2.36. The Labute approximate surface area is 92.5 Å². The van der Waals surface area contributed by atoms with E-state index >= 15 is 0 Å². The van der Waals surface area contributed by atoms with Crippen molar-refractivity contribution in [3.8, 4) is 0 Å². The van der Waals surface area contributed by atoms with Gasteiger partial charge >= 0.3 is 0 Å². The van der Waals surface area contributed by atoms with E-state index in [0.29, 0.717) is 0 Å². The Kier molecular flexibility index (Phi) is 7.09. The second kappa shape index (κ2) is 7.17. The molecule has 0 heterocycles. The number of halogens is 2. The highest BCUT2D eigenvalue weighted by atomic mass is 35.5. The lowest BCUT2D eigenvalue weighted by Crippen LogP contribution is -2.40. The van der Waals surface area contributed by atoms with Crippen LogP contribution in [0.4, 0.5) is 0 Å². The van der Waals surface area contributed by atoms with Gasteiger partial charge in [-0.05, 0) is 37.0 Å². The zero-order chi connectivity index (χ0) is 11.1. The van der Waals surface area contributed by atoms with Crippen LogP contribution in [0.5, 0.6) is 0 Å². The van der Waals surface area contributed by atoms with Crippen LogP contribution in [-0.2, 0) is 19.1 Å². The molecule has 2 unspecified atom stereocenters. The Balaban J connectivity index is 4.54. The monoisotopic (exact) mass is 242 g/mol. The summed E-state index contributed by atoms with van der Waals surface area (Å²) < 4.78 is 9.94. The normalized spacial score (nSPS) is 14.9. The van der Waals surface area contributed by atoms with Gasteiger partial charge in [0.15, 0.2) is 12.2 Å². The van der Waals surface area contributed by atoms with E-state index in [-0.39, 0.29) is 13.2 Å². The summed E-state index contributed by atoms with van der Waals surface area (Å²) in [7, 11) is 0. The molecule has 0 aromatic heterocycles. The number of rotatable bonds is 7. The van der Waals surface area contributed by atoms with Gasteiger partial charge in [-0.1, -0.05) is 0 Å². The Bertz CT molecular complexity index is 186. The summed E-state index contributed by atoms with van der Waals surface area (Å²) in [5, 5.41) is -1.58. The van der Waals surface area contributed by atoms with E-state index in [0.717, 1.165) is 0 Å². The van der Waals surface area contributed by atoms with Crippen LogP contribution in [-0.4, -0.2) is 35.9 Å². The fourth-order valence-corrected chi connectivity index (χ4v) is 1.26. The fraction of sp³-hybridized carbons (Fsp3) is 0.750. The largest absolute Gasteiger partial charge is 0.366 e. The molecule has 82 valence electrons. The van der Waals surface area contributed by atoms with Crippen molar-refractivity contribution in [2.24, 2.45) is 0 Å². The Hall–Kier alpha value is -0.160. The van der Waals surface area contributed by atoms with E-state index in [4.69, 9.17) is 32.7 Å². The molecule has 6 heteroatoms. The zero-order valence-electron chi connectivity index (χ0n) is 7.96. The van der Waals surface area contributed by atoms with E-state index < -0.39 is 22.7 Å². The minimum Gasteiger partial charge on any atom is -0.366 e. The Morgan fingerprint density at radius 1 is 1.00 bits per heavy atom. The summed E-state index contributed by atoms with van der Waals surface area (Å²) >= 11 is 10.5. The van der Waals surface area contributed by atoms with E-state index in [2.05, 4.69) is 0 Å². The molecule has 0 aliphatic carbocycles. The summed E-state index contributed by atoms with van der Waals surface area (Å²) in [5.74, 6) is 0. The van der Waals surface area contributed by atoms with Crippen molar-refractivity contribution in [3.05, 3.63) is 0 Å². The molecule has 0 saturated carbocycles. The van der Waals surface area contributed by atoms with Gasteiger partial charge in [0.1, 0.15) is 0 Å². The Morgan fingerprint density at radius 2 is 1.29 bits per heavy atom. The molecular formula is C8H12Cl2O4. The summed E-state index contributed by atoms with van der Waals surface area (Å²) in [5.41, 5.74) is 0. The maximum Gasteiger partial charge on any atom is 0.253 e. The first-order valence-electron chi connectivity index (χ1n) is 4.16. The second-order valence-corrected chi connectivity index (χ2v) is 3.11. The molecule has 0 rings (SSSR count). The van der Waals surface area contributed by atoms with Gasteiger partial charge in [-0.15, -0.1) is 0 Å². The summed E-state index contributed by atoms with van der Waals surface area (Å²) in [6.45, 7) is 3.84. The van der Waals surface area contributed by atoms with Gasteiger partial charge in [-0.3, -0.25) is 9.59 Å². The average molecular weight is 243 g/mol. The van der Waals surface area contributed by atoms with Crippen molar-refractivity contribution < 1.29 is 19.1 Å². The first-order chi connectivity index (χ1) is 6.54. The standard InChI is InChI=1S/C8H12Cl2O4/c1-3-13-5(7(9)11)6(8(10)12)14-4-2/h5-6H,3-4H2,1-2H3. The molecule has 2 atom stereocenters. The molecule has 0 radical (unpaired) electrons. The number of hydrogen-bond donors (Lipinski definition) is 0. The lowest BCUT2D eigenvalue weighted by atomic mass is 10.2. The summed E-state index contributed by atoms with van der Waals surface area (Å²) in [6, 6.07) is 0. The van der Waals surface area contributed by atoms with Crippen LogP contribution in [0, 0.1) is 0 Å². The third kappa shape index (κ3) is 4.37. The van der Waals surface area contributed by atoms with Crippen molar-refractivity contribution in [3.63, 3.8) is 0 Å². The minimum absolute atomic E-state index is 0.247. The van der Waals surface area contributed by atoms with E-state index in [1.54, 1.807) is 13.8 Å². The number of hydrogen-bond acceptors (Lipinski definition) is 4. The highest BCUT2D eigenvalue weighted by Crippen LogP contribution is 2.11. The van der Waals surface area contributed by atoms with Crippen LogP contribution in [0.15, 0.2) is 0 Å². The van der Waals surface area contributed by atoms with Crippen molar-refractivity contribution in [1.82, 2.24) is 0 Å². The van der Waals surface area contributed by atoms with Crippen LogP contribution < -0.4 is 0 Å². The highest BCUT2D eigenvalue weighted by molar-refractivity contribution is 6.67. The Morgan fingerprint density at radius 3 is 1.43 bits per heavy atom. The summed E-state index contributed by atoms with van der Waals surface area (Å²) in [6.07, 6.45) is -2.27. The smallest absolute Gasteiger partial charge is 0.253 e. The molecule has 0 bridgehead atoms. The first-order valence-corrected chi connectivity index (χ1v) is 4.92. The minimum atomic E-state index is -1.13. The fourth-order valence-electron chi connectivity index (χ4n) is 0.903. The molecule has 0 saturated heterocycles. The van der Waals surface area contributed by atoms with Gasteiger partial charge in [0.25, 0.3) is 10.5 Å². The van der Waals surface area contributed by atoms with Crippen LogP contribution in [0.2, 0.25) is 0 Å². The molecule has 0 N–H and O–H groups in total. The lowest BCUT2D eigenvalue weighted by molar-refractivity contribution is -0.143. The highest BCUT2D eigenvalue weighted by Gasteiger charge is 2.33. The predicted octanol–water partition coefficient (Wildman–Crippen LogP) is 1.33. The third-order valence-corrected chi connectivity index (χ3v) is 1.84. The molecule has 14 heavy (non-hydrogen) atoms. The molecule has 0 amide bonds. The van der Waals surface area contributed by atoms with Crippen LogP contribution in [0.3, 0.4) is 0 Å². The molecule has 0 aromatic carbocycles. The predicted molar refractivity (Wildman–Crippen MR) is 52.5 cm³/mol. The van der Waals surface area contributed by atoms with E-state index in [1.165, 1.54) is 0 Å². The first kappa shape index (κ1) is 13.8. The number of carbonyl (C=O) groups excluding carboxylic acids is 2. The van der Waals surface area contributed by atoms with Crippen LogP contribution in [0.25, 0.3) is 0 Å². The van der Waals surface area contributed by atoms with Crippen molar-refractivity contribution in [1.29, 1.82) is 0 Å². The van der Waals surface area contributed by atoms with Gasteiger partial charge < -0.3 is 9.47 Å². The van der Waals surface area contributed by atoms with Gasteiger partial charge in [0.2, 0.25) is 0 Å². The molecule has 4 nitrogen and oxygen atoms in total. The van der Waals surface area contributed by atoms with Crippen molar-refractivity contribution >= 4 is 33.7 Å². The lowest BCUT2D eigenvalue weighted by Gasteiger charge is -2.20. The third-order valence-electron chi connectivity index (χ3n) is 1.41. The molecule has 0 aromatic rings. The average Bonchev–Trinajstić information content (AvgIpc) is 2.10.